The van der Waals surface area contributed by atoms with Crippen molar-refractivity contribution in [2.24, 2.45) is 0 Å². The van der Waals surface area contributed by atoms with Crippen molar-refractivity contribution in [3.05, 3.63) is 42.0 Å². The first-order valence-corrected chi connectivity index (χ1v) is 7.62. The normalized spacial score (nSPS) is 19.2. The summed E-state index contributed by atoms with van der Waals surface area (Å²) < 4.78 is 15.3. The number of nitrogens with zero attached hydrogens (tertiary/aromatic N) is 1. The monoisotopic (exact) mass is 347 g/mol. The summed E-state index contributed by atoms with van der Waals surface area (Å²) in [5, 5.41) is 0. The van der Waals surface area contributed by atoms with Gasteiger partial charge in [0, 0.05) is 12.6 Å². The van der Waals surface area contributed by atoms with Gasteiger partial charge < -0.3 is 19.1 Å². The highest BCUT2D eigenvalue weighted by atomic mass is 16.7. The second-order valence-corrected chi connectivity index (χ2v) is 6.60. The Kier molecular flexibility index (Phi) is 4.61. The zero-order valence-corrected chi connectivity index (χ0v) is 14.9. The summed E-state index contributed by atoms with van der Waals surface area (Å²) in [6, 6.07) is 6.67. The Labute approximate surface area is 146 Å². The second-order valence-electron chi connectivity index (χ2n) is 6.60. The number of hydrogen-bond donors (Lipinski definition) is 0. The number of anilines is 1. The van der Waals surface area contributed by atoms with Gasteiger partial charge in [0.2, 0.25) is 0 Å². The van der Waals surface area contributed by atoms with E-state index in [1.54, 1.807) is 45.0 Å². The van der Waals surface area contributed by atoms with Crippen LogP contribution in [0.15, 0.2) is 36.4 Å². The third-order valence-electron chi connectivity index (χ3n) is 3.73. The van der Waals surface area contributed by atoms with E-state index in [0.717, 1.165) is 7.11 Å². The molecule has 1 aliphatic heterocycles. The average molecular weight is 347 g/mol. The molecule has 1 amide bonds. The van der Waals surface area contributed by atoms with Gasteiger partial charge in [-0.25, -0.2) is 9.59 Å². The Balaban J connectivity index is 2.59. The number of hydrogen-bond acceptors (Lipinski definition) is 6. The molecule has 7 heteroatoms. The summed E-state index contributed by atoms with van der Waals surface area (Å²) >= 11 is 0. The van der Waals surface area contributed by atoms with Gasteiger partial charge in [0.25, 0.3) is 11.5 Å². The van der Waals surface area contributed by atoms with Crippen LogP contribution in [0.3, 0.4) is 0 Å². The van der Waals surface area contributed by atoms with Crippen molar-refractivity contribution < 1.29 is 28.6 Å². The zero-order chi connectivity index (χ0) is 19.0. The maximum Gasteiger partial charge on any atom is 0.510 e. The topological polar surface area (TPSA) is 82.1 Å². The van der Waals surface area contributed by atoms with Gasteiger partial charge in [-0.15, -0.1) is 0 Å². The molecule has 0 aromatic heterocycles. The molecule has 2 rings (SSSR count). The summed E-state index contributed by atoms with van der Waals surface area (Å²) in [5.41, 5.74) is -2.34. The molecule has 0 N–H and O–H groups in total. The predicted octanol–water partition coefficient (Wildman–Crippen LogP) is 2.54. The first kappa shape index (κ1) is 18.5. The standard InChI is InChI=1S/C18H21NO6/c1-11(14(20)23-6)18(25-16(22)24-17(2,3)4)12-9-7-8-10-13(12)19(5)15(18)21/h7-10H,1H2,2-6H3. The maximum absolute atomic E-state index is 13.0. The number of carbonyl (C=O) groups is 3. The molecule has 1 aliphatic rings. The molecule has 0 saturated heterocycles. The minimum absolute atomic E-state index is 0.303. The number of esters is 1. The van der Waals surface area contributed by atoms with Crippen molar-refractivity contribution in [3.8, 4) is 0 Å². The molecule has 0 radical (unpaired) electrons. The molecule has 25 heavy (non-hydrogen) atoms. The molecule has 1 heterocycles. The van der Waals surface area contributed by atoms with Crippen molar-refractivity contribution in [2.75, 3.05) is 19.1 Å². The van der Waals surface area contributed by atoms with Crippen molar-refractivity contribution in [2.45, 2.75) is 32.0 Å². The first-order chi connectivity index (χ1) is 11.5. The Morgan fingerprint density at radius 2 is 1.80 bits per heavy atom. The van der Waals surface area contributed by atoms with Gasteiger partial charge in [0.15, 0.2) is 0 Å². The van der Waals surface area contributed by atoms with Crippen LogP contribution in [0.1, 0.15) is 26.3 Å². The number of rotatable bonds is 3. The number of fused-ring (bicyclic) bond motifs is 1. The minimum Gasteiger partial charge on any atom is -0.466 e. The molecular formula is C18H21NO6. The molecule has 1 aromatic carbocycles. The zero-order valence-electron chi connectivity index (χ0n) is 14.9. The van der Waals surface area contributed by atoms with Crippen LogP contribution in [0.25, 0.3) is 0 Å². The third-order valence-corrected chi connectivity index (χ3v) is 3.73. The number of methoxy groups -OCH3 is 1. The molecule has 0 saturated carbocycles. The fraction of sp³-hybridized carbons (Fsp3) is 0.389. The molecule has 1 atom stereocenters. The largest absolute Gasteiger partial charge is 0.510 e. The molecule has 0 aliphatic carbocycles. The fourth-order valence-electron chi connectivity index (χ4n) is 2.64. The van der Waals surface area contributed by atoms with Crippen molar-refractivity contribution in [3.63, 3.8) is 0 Å². The van der Waals surface area contributed by atoms with E-state index in [2.05, 4.69) is 11.3 Å². The van der Waals surface area contributed by atoms with E-state index in [0.29, 0.717) is 11.3 Å². The van der Waals surface area contributed by atoms with Crippen LogP contribution in [0.2, 0.25) is 0 Å². The number of ether oxygens (including phenoxy) is 3. The second kappa shape index (κ2) is 6.23. The molecule has 134 valence electrons. The molecule has 1 unspecified atom stereocenters. The first-order valence-electron chi connectivity index (χ1n) is 7.62. The Bertz CT molecular complexity index is 748. The summed E-state index contributed by atoms with van der Waals surface area (Å²) in [7, 11) is 2.68. The SMILES string of the molecule is C=C(C(=O)OC)C1(OC(=O)OC(C)(C)C)C(=O)N(C)c2ccccc21. The number of carbonyl (C=O) groups excluding carboxylic acids is 3. The predicted molar refractivity (Wildman–Crippen MR) is 90.0 cm³/mol. The van der Waals surface area contributed by atoms with Gasteiger partial charge in [-0.1, -0.05) is 24.8 Å². The highest BCUT2D eigenvalue weighted by molar-refractivity contribution is 6.14. The highest BCUT2D eigenvalue weighted by Gasteiger charge is 2.58. The van der Waals surface area contributed by atoms with Gasteiger partial charge in [0.1, 0.15) is 5.60 Å². The summed E-state index contributed by atoms with van der Waals surface area (Å²) in [4.78, 5) is 38.7. The van der Waals surface area contributed by atoms with Gasteiger partial charge in [-0.2, -0.15) is 0 Å². The van der Waals surface area contributed by atoms with E-state index in [9.17, 15) is 14.4 Å². The third kappa shape index (κ3) is 3.09. The van der Waals surface area contributed by atoms with E-state index in [1.807, 2.05) is 0 Å². The van der Waals surface area contributed by atoms with E-state index >= 15 is 0 Å². The Hall–Kier alpha value is -2.83. The van der Waals surface area contributed by atoms with Gasteiger partial charge >= 0.3 is 12.1 Å². The quantitative estimate of drug-likeness (QED) is 0.617. The summed E-state index contributed by atoms with van der Waals surface area (Å²) in [6.45, 7) is 8.64. The number of amides is 1. The molecule has 7 nitrogen and oxygen atoms in total. The van der Waals surface area contributed by atoms with Crippen molar-refractivity contribution in [1.29, 1.82) is 0 Å². The van der Waals surface area contributed by atoms with Crippen LogP contribution < -0.4 is 4.90 Å². The number of para-hydroxylation sites is 1. The van der Waals surface area contributed by atoms with E-state index in [1.165, 1.54) is 11.9 Å². The van der Waals surface area contributed by atoms with E-state index in [-0.39, 0.29) is 5.57 Å². The highest BCUT2D eigenvalue weighted by Crippen LogP contribution is 2.46. The maximum atomic E-state index is 13.0. The lowest BCUT2D eigenvalue weighted by Gasteiger charge is -2.30. The van der Waals surface area contributed by atoms with Gasteiger partial charge in [-0.05, 0) is 26.8 Å². The smallest absolute Gasteiger partial charge is 0.466 e. The van der Waals surface area contributed by atoms with Gasteiger partial charge in [0.05, 0.1) is 18.4 Å². The van der Waals surface area contributed by atoms with Crippen LogP contribution in [-0.2, 0) is 29.4 Å². The minimum atomic E-state index is -2.03. The summed E-state index contributed by atoms with van der Waals surface area (Å²) in [6.07, 6.45) is -1.09. The lowest BCUT2D eigenvalue weighted by Crippen LogP contribution is -2.46. The van der Waals surface area contributed by atoms with Crippen LogP contribution in [0, 0.1) is 0 Å². The van der Waals surface area contributed by atoms with Crippen molar-refractivity contribution in [1.82, 2.24) is 0 Å². The Morgan fingerprint density at radius 3 is 2.36 bits per heavy atom. The van der Waals surface area contributed by atoms with E-state index < -0.39 is 29.2 Å². The summed E-state index contributed by atoms with van der Waals surface area (Å²) in [5.74, 6) is -1.49. The number of benzene rings is 1. The fourth-order valence-corrected chi connectivity index (χ4v) is 2.64. The molecular weight excluding hydrogens is 326 g/mol. The van der Waals surface area contributed by atoms with Crippen LogP contribution in [0.4, 0.5) is 10.5 Å². The van der Waals surface area contributed by atoms with Crippen molar-refractivity contribution >= 4 is 23.7 Å². The lowest BCUT2D eigenvalue weighted by molar-refractivity contribution is -0.146. The molecule has 0 fully saturated rings. The Morgan fingerprint density at radius 1 is 1.20 bits per heavy atom. The van der Waals surface area contributed by atoms with Gasteiger partial charge in [-0.3, -0.25) is 4.79 Å². The van der Waals surface area contributed by atoms with Crippen LogP contribution in [0.5, 0.6) is 0 Å². The van der Waals surface area contributed by atoms with Crippen LogP contribution in [-0.4, -0.2) is 37.8 Å². The molecule has 1 aromatic rings. The molecule has 0 spiro atoms. The van der Waals surface area contributed by atoms with E-state index in [4.69, 9.17) is 9.47 Å². The molecule has 0 bridgehead atoms. The number of likely N-dealkylation sites (N-methyl/N-ethyl adjacent to an activating group) is 1. The lowest BCUT2D eigenvalue weighted by atomic mass is 9.87. The van der Waals surface area contributed by atoms with Crippen LogP contribution >= 0.6 is 0 Å². The average Bonchev–Trinajstić information content (AvgIpc) is 2.75.